The molecule has 1 aromatic heterocycles. The van der Waals surface area contributed by atoms with Crippen LogP contribution in [0.3, 0.4) is 0 Å². The molecule has 21 heavy (non-hydrogen) atoms. The highest BCUT2D eigenvalue weighted by atomic mass is 19.4. The maximum atomic E-state index is 13.1. The molecule has 2 rings (SSSR count). The van der Waals surface area contributed by atoms with Crippen LogP contribution in [0.2, 0.25) is 0 Å². The zero-order chi connectivity index (χ0) is 15.6. The van der Waals surface area contributed by atoms with Crippen molar-refractivity contribution in [1.82, 2.24) is 4.98 Å². The summed E-state index contributed by atoms with van der Waals surface area (Å²) in [6.07, 6.45) is -3.70. The number of aromatic nitrogens is 1. The van der Waals surface area contributed by atoms with Crippen LogP contribution in [0.4, 0.5) is 19.0 Å². The molecule has 2 aromatic rings. The standard InChI is InChI=1S/C14H16F3N3O/c1-3-6-21-11-5-4-10(14(15,16)17)9-7-8(2)13(20-18)19-12(9)11/h4-5,7H,3,6,18H2,1-2H3,(H,19,20). The normalized spacial score (nSPS) is 11.7. The number of rotatable bonds is 4. The van der Waals surface area contributed by atoms with Crippen LogP contribution in [0.1, 0.15) is 24.5 Å². The van der Waals surface area contributed by atoms with E-state index in [0.29, 0.717) is 23.7 Å². The van der Waals surface area contributed by atoms with Gasteiger partial charge in [-0.2, -0.15) is 13.2 Å². The van der Waals surface area contributed by atoms with Gasteiger partial charge < -0.3 is 10.2 Å². The first-order valence-corrected chi connectivity index (χ1v) is 6.49. The number of benzene rings is 1. The number of halogens is 3. The van der Waals surface area contributed by atoms with E-state index >= 15 is 0 Å². The van der Waals surface area contributed by atoms with E-state index in [9.17, 15) is 13.2 Å². The van der Waals surface area contributed by atoms with Crippen molar-refractivity contribution in [3.8, 4) is 5.75 Å². The minimum atomic E-state index is -4.45. The highest BCUT2D eigenvalue weighted by Crippen LogP contribution is 2.38. The number of hydrogen-bond acceptors (Lipinski definition) is 4. The van der Waals surface area contributed by atoms with Crippen LogP contribution < -0.4 is 16.0 Å². The minimum Gasteiger partial charge on any atom is -0.491 e. The molecule has 0 aliphatic carbocycles. The fourth-order valence-electron chi connectivity index (χ4n) is 2.06. The fourth-order valence-corrected chi connectivity index (χ4v) is 2.06. The van der Waals surface area contributed by atoms with Gasteiger partial charge in [-0.15, -0.1) is 0 Å². The van der Waals surface area contributed by atoms with Crippen molar-refractivity contribution < 1.29 is 17.9 Å². The first kappa shape index (κ1) is 15.4. The van der Waals surface area contributed by atoms with E-state index in [-0.39, 0.29) is 10.9 Å². The second-order valence-corrected chi connectivity index (χ2v) is 4.65. The van der Waals surface area contributed by atoms with Crippen LogP contribution in [0.5, 0.6) is 5.75 Å². The number of hydrazine groups is 1. The van der Waals surface area contributed by atoms with E-state index in [0.717, 1.165) is 12.5 Å². The van der Waals surface area contributed by atoms with Gasteiger partial charge in [-0.05, 0) is 37.1 Å². The van der Waals surface area contributed by atoms with Crippen LogP contribution in [-0.4, -0.2) is 11.6 Å². The van der Waals surface area contributed by atoms with Crippen molar-refractivity contribution in [2.24, 2.45) is 5.84 Å². The largest absolute Gasteiger partial charge is 0.491 e. The van der Waals surface area contributed by atoms with E-state index < -0.39 is 11.7 Å². The number of nitrogens with zero attached hydrogens (tertiary/aromatic N) is 1. The molecule has 0 amide bonds. The van der Waals surface area contributed by atoms with Crippen molar-refractivity contribution >= 4 is 16.7 Å². The van der Waals surface area contributed by atoms with Crippen molar-refractivity contribution in [1.29, 1.82) is 0 Å². The van der Waals surface area contributed by atoms with Crippen LogP contribution >= 0.6 is 0 Å². The van der Waals surface area contributed by atoms with E-state index in [1.807, 2.05) is 6.92 Å². The Balaban J connectivity index is 2.73. The van der Waals surface area contributed by atoms with Gasteiger partial charge in [0.05, 0.1) is 12.2 Å². The fraction of sp³-hybridized carbons (Fsp3) is 0.357. The van der Waals surface area contributed by atoms with Crippen LogP contribution in [-0.2, 0) is 6.18 Å². The summed E-state index contributed by atoms with van der Waals surface area (Å²) >= 11 is 0. The molecule has 0 fully saturated rings. The minimum absolute atomic E-state index is 0.00704. The van der Waals surface area contributed by atoms with Gasteiger partial charge in [-0.1, -0.05) is 6.92 Å². The SMILES string of the molecule is CCCOc1ccc(C(F)(F)F)c2cc(C)c(NN)nc12. The summed E-state index contributed by atoms with van der Waals surface area (Å²) in [5, 5.41) is 0.00704. The summed E-state index contributed by atoms with van der Waals surface area (Å²) in [5.41, 5.74) is 2.33. The molecule has 1 heterocycles. The topological polar surface area (TPSA) is 60.2 Å². The van der Waals surface area contributed by atoms with E-state index in [1.165, 1.54) is 12.1 Å². The number of nitrogens with one attached hydrogen (secondary N) is 1. The Kier molecular flexibility index (Phi) is 4.22. The molecule has 0 unspecified atom stereocenters. The third-order valence-electron chi connectivity index (χ3n) is 3.04. The Morgan fingerprint density at radius 3 is 2.62 bits per heavy atom. The summed E-state index contributed by atoms with van der Waals surface area (Å²) < 4.78 is 44.8. The zero-order valence-electron chi connectivity index (χ0n) is 11.7. The van der Waals surface area contributed by atoms with Crippen LogP contribution in [0.25, 0.3) is 10.9 Å². The molecule has 3 N–H and O–H groups in total. The number of aryl methyl sites for hydroxylation is 1. The highest BCUT2D eigenvalue weighted by Gasteiger charge is 2.33. The van der Waals surface area contributed by atoms with Crippen molar-refractivity contribution in [2.75, 3.05) is 12.0 Å². The lowest BCUT2D eigenvalue weighted by atomic mass is 10.1. The van der Waals surface area contributed by atoms with Crippen molar-refractivity contribution in [3.05, 3.63) is 29.3 Å². The third-order valence-corrected chi connectivity index (χ3v) is 3.04. The van der Waals surface area contributed by atoms with Crippen LogP contribution in [0.15, 0.2) is 18.2 Å². The molecule has 114 valence electrons. The molecule has 0 bridgehead atoms. The molecule has 7 heteroatoms. The van der Waals surface area contributed by atoms with Gasteiger partial charge in [0.1, 0.15) is 17.1 Å². The summed E-state index contributed by atoms with van der Waals surface area (Å²) in [5.74, 6) is 5.98. The number of nitrogens with two attached hydrogens (primary N) is 1. The monoisotopic (exact) mass is 299 g/mol. The van der Waals surface area contributed by atoms with E-state index in [1.54, 1.807) is 6.92 Å². The summed E-state index contributed by atoms with van der Waals surface area (Å²) in [6, 6.07) is 3.73. The Morgan fingerprint density at radius 1 is 1.33 bits per heavy atom. The van der Waals surface area contributed by atoms with Crippen molar-refractivity contribution in [2.45, 2.75) is 26.4 Å². The molecule has 0 saturated carbocycles. The van der Waals surface area contributed by atoms with Crippen LogP contribution in [0, 0.1) is 6.92 Å². The van der Waals surface area contributed by atoms with Gasteiger partial charge in [-0.3, -0.25) is 0 Å². The van der Waals surface area contributed by atoms with E-state index in [4.69, 9.17) is 10.6 Å². The third kappa shape index (κ3) is 3.02. The molecule has 0 aliphatic heterocycles. The summed E-state index contributed by atoms with van der Waals surface area (Å²) in [4.78, 5) is 4.16. The average Bonchev–Trinajstić information content (AvgIpc) is 2.42. The average molecular weight is 299 g/mol. The van der Waals surface area contributed by atoms with Gasteiger partial charge in [0.2, 0.25) is 0 Å². The smallest absolute Gasteiger partial charge is 0.417 e. The lowest BCUT2D eigenvalue weighted by molar-refractivity contribution is -0.136. The Bertz CT molecular complexity index is 656. The first-order valence-electron chi connectivity index (χ1n) is 6.49. The number of alkyl halides is 3. The van der Waals surface area contributed by atoms with Gasteiger partial charge in [-0.25, -0.2) is 10.8 Å². The lowest BCUT2D eigenvalue weighted by Gasteiger charge is -2.15. The Hall–Kier alpha value is -2.02. The van der Waals surface area contributed by atoms with Gasteiger partial charge >= 0.3 is 6.18 Å². The molecule has 0 saturated heterocycles. The quantitative estimate of drug-likeness (QED) is 0.668. The number of anilines is 1. The maximum absolute atomic E-state index is 13.1. The van der Waals surface area contributed by atoms with Gasteiger partial charge in [0.15, 0.2) is 0 Å². The summed E-state index contributed by atoms with van der Waals surface area (Å²) in [7, 11) is 0. The highest BCUT2D eigenvalue weighted by molar-refractivity contribution is 5.90. The molecule has 0 radical (unpaired) electrons. The van der Waals surface area contributed by atoms with Crippen molar-refractivity contribution in [3.63, 3.8) is 0 Å². The maximum Gasteiger partial charge on any atom is 0.417 e. The molecule has 0 aliphatic rings. The number of ether oxygens (including phenoxy) is 1. The Morgan fingerprint density at radius 2 is 2.05 bits per heavy atom. The van der Waals surface area contributed by atoms with Gasteiger partial charge in [0.25, 0.3) is 0 Å². The van der Waals surface area contributed by atoms with E-state index in [2.05, 4.69) is 10.4 Å². The Labute approximate surface area is 120 Å². The molecule has 4 nitrogen and oxygen atoms in total. The first-order chi connectivity index (χ1) is 9.88. The predicted octanol–water partition coefficient (Wildman–Crippen LogP) is 3.64. The predicted molar refractivity (Wildman–Crippen MR) is 75.1 cm³/mol. The zero-order valence-corrected chi connectivity index (χ0v) is 11.7. The molecule has 0 spiro atoms. The summed E-state index contributed by atoms with van der Waals surface area (Å²) in [6.45, 7) is 3.96. The molecule has 1 aromatic carbocycles. The second-order valence-electron chi connectivity index (χ2n) is 4.65. The molecular weight excluding hydrogens is 283 g/mol. The number of hydrogen-bond donors (Lipinski definition) is 2. The molecule has 0 atom stereocenters. The molecular formula is C14H16F3N3O. The van der Waals surface area contributed by atoms with Gasteiger partial charge in [0, 0.05) is 5.39 Å². The second kappa shape index (κ2) is 5.77. The lowest BCUT2D eigenvalue weighted by Crippen LogP contribution is -2.12. The number of pyridine rings is 1. The number of nitrogen functional groups attached to an aromatic ring is 1. The number of fused-ring (bicyclic) bond motifs is 1.